The van der Waals surface area contributed by atoms with E-state index in [1.165, 1.54) is 11.4 Å². The molecule has 0 aromatic heterocycles. The van der Waals surface area contributed by atoms with Crippen LogP contribution in [0.25, 0.3) is 0 Å². The quantitative estimate of drug-likeness (QED) is 0.891. The minimum atomic E-state index is -3.44. The molecule has 0 bridgehead atoms. The van der Waals surface area contributed by atoms with E-state index in [1.54, 1.807) is 24.3 Å². The van der Waals surface area contributed by atoms with Gasteiger partial charge in [0, 0.05) is 26.2 Å². The van der Waals surface area contributed by atoms with E-state index >= 15 is 0 Å². The van der Waals surface area contributed by atoms with Gasteiger partial charge in [-0.2, -0.15) is 4.31 Å². The van der Waals surface area contributed by atoms with Crippen molar-refractivity contribution in [2.24, 2.45) is 0 Å². The number of para-hydroxylation sites is 1. The molecule has 7 heteroatoms. The van der Waals surface area contributed by atoms with E-state index in [0.717, 1.165) is 0 Å². The van der Waals surface area contributed by atoms with Crippen molar-refractivity contribution in [3.8, 4) is 5.75 Å². The highest BCUT2D eigenvalue weighted by Crippen LogP contribution is 2.26. The van der Waals surface area contributed by atoms with Gasteiger partial charge in [-0.3, -0.25) is 0 Å². The fourth-order valence-electron chi connectivity index (χ4n) is 1.86. The predicted octanol–water partition coefficient (Wildman–Crippen LogP) is 0.711. The minimum Gasteiger partial charge on any atom is -0.495 e. The Labute approximate surface area is 114 Å². The van der Waals surface area contributed by atoms with Gasteiger partial charge >= 0.3 is 0 Å². The Balaban J connectivity index is 0.00000162. The number of methoxy groups -OCH3 is 1. The second kappa shape index (κ2) is 6.38. The van der Waals surface area contributed by atoms with Crippen molar-refractivity contribution in [1.29, 1.82) is 0 Å². The van der Waals surface area contributed by atoms with Crippen LogP contribution in [0.3, 0.4) is 0 Å². The number of nitrogens with one attached hydrogen (secondary N) is 1. The molecule has 1 aliphatic rings. The van der Waals surface area contributed by atoms with E-state index in [0.29, 0.717) is 31.9 Å². The Hall–Kier alpha value is -0.820. The summed E-state index contributed by atoms with van der Waals surface area (Å²) in [5.41, 5.74) is 0. The fraction of sp³-hybridized carbons (Fsp3) is 0.455. The molecule has 0 spiro atoms. The highest BCUT2D eigenvalue weighted by molar-refractivity contribution is 7.89. The first-order chi connectivity index (χ1) is 8.16. The van der Waals surface area contributed by atoms with Gasteiger partial charge < -0.3 is 10.1 Å². The number of ether oxygens (including phenoxy) is 1. The minimum absolute atomic E-state index is 0. The van der Waals surface area contributed by atoms with Crippen LogP contribution in [-0.4, -0.2) is 46.0 Å². The number of piperazine rings is 1. The van der Waals surface area contributed by atoms with E-state index in [2.05, 4.69) is 5.32 Å². The zero-order valence-corrected chi connectivity index (χ0v) is 11.8. The zero-order chi connectivity index (χ0) is 12.3. The Morgan fingerprint density at radius 3 is 2.44 bits per heavy atom. The SMILES string of the molecule is COc1ccccc1S(=O)(=O)N1CCNCC1.Cl. The third-order valence-electron chi connectivity index (χ3n) is 2.76. The van der Waals surface area contributed by atoms with Crippen molar-refractivity contribution in [1.82, 2.24) is 9.62 Å². The molecule has 2 rings (SSSR count). The smallest absolute Gasteiger partial charge is 0.246 e. The van der Waals surface area contributed by atoms with Crippen molar-refractivity contribution < 1.29 is 13.2 Å². The molecule has 0 radical (unpaired) electrons. The second-order valence-corrected chi connectivity index (χ2v) is 5.71. The van der Waals surface area contributed by atoms with Crippen LogP contribution < -0.4 is 10.1 Å². The summed E-state index contributed by atoms with van der Waals surface area (Å²) < 4.78 is 31.4. The molecule has 0 saturated carbocycles. The van der Waals surface area contributed by atoms with Crippen molar-refractivity contribution in [3.63, 3.8) is 0 Å². The Kier molecular flexibility index (Phi) is 5.40. The Morgan fingerprint density at radius 1 is 1.22 bits per heavy atom. The number of hydrogen-bond donors (Lipinski definition) is 1. The molecule has 1 aromatic rings. The monoisotopic (exact) mass is 292 g/mol. The summed E-state index contributed by atoms with van der Waals surface area (Å²) in [6.45, 7) is 2.38. The zero-order valence-electron chi connectivity index (χ0n) is 10.1. The summed E-state index contributed by atoms with van der Waals surface area (Å²) in [6.07, 6.45) is 0. The lowest BCUT2D eigenvalue weighted by Crippen LogP contribution is -2.46. The number of sulfonamides is 1. The maximum absolute atomic E-state index is 12.4. The van der Waals surface area contributed by atoms with Gasteiger partial charge in [0.15, 0.2) is 0 Å². The van der Waals surface area contributed by atoms with E-state index in [1.807, 2.05) is 0 Å². The number of rotatable bonds is 3. The predicted molar refractivity (Wildman–Crippen MR) is 71.9 cm³/mol. The summed E-state index contributed by atoms with van der Waals surface area (Å²) in [4.78, 5) is 0.240. The molecular weight excluding hydrogens is 276 g/mol. The lowest BCUT2D eigenvalue weighted by atomic mass is 10.3. The summed E-state index contributed by atoms with van der Waals surface area (Å²) >= 11 is 0. The molecule has 1 aliphatic heterocycles. The second-order valence-electron chi connectivity index (χ2n) is 3.80. The van der Waals surface area contributed by atoms with Crippen LogP contribution in [0.15, 0.2) is 29.2 Å². The molecule has 102 valence electrons. The molecule has 1 saturated heterocycles. The van der Waals surface area contributed by atoms with Crippen LogP contribution >= 0.6 is 12.4 Å². The van der Waals surface area contributed by atoms with Gasteiger partial charge in [0.2, 0.25) is 10.0 Å². The van der Waals surface area contributed by atoms with E-state index in [9.17, 15) is 8.42 Å². The maximum atomic E-state index is 12.4. The molecule has 0 atom stereocenters. The normalized spacial score (nSPS) is 16.9. The molecule has 0 aliphatic carbocycles. The van der Waals surface area contributed by atoms with E-state index < -0.39 is 10.0 Å². The van der Waals surface area contributed by atoms with Crippen LogP contribution in [0.5, 0.6) is 5.75 Å². The van der Waals surface area contributed by atoms with Gasteiger partial charge in [0.25, 0.3) is 0 Å². The summed E-state index contributed by atoms with van der Waals surface area (Å²) in [5, 5.41) is 3.13. The average Bonchev–Trinajstić information content (AvgIpc) is 2.39. The summed E-state index contributed by atoms with van der Waals surface area (Å²) in [5.74, 6) is 0.394. The summed E-state index contributed by atoms with van der Waals surface area (Å²) in [6, 6.07) is 6.71. The Bertz CT molecular complexity index is 487. The molecule has 0 amide bonds. The molecular formula is C11H17ClN2O3S. The standard InChI is InChI=1S/C11H16N2O3S.ClH/c1-16-10-4-2-3-5-11(10)17(14,15)13-8-6-12-7-9-13;/h2-5,12H,6-9H2,1H3;1H. The first-order valence-corrected chi connectivity index (χ1v) is 6.94. The lowest BCUT2D eigenvalue weighted by molar-refractivity contribution is 0.355. The van der Waals surface area contributed by atoms with Crippen LogP contribution in [0, 0.1) is 0 Å². The van der Waals surface area contributed by atoms with Gasteiger partial charge in [-0.15, -0.1) is 12.4 Å². The van der Waals surface area contributed by atoms with Crippen LogP contribution in [0.2, 0.25) is 0 Å². The van der Waals surface area contributed by atoms with Crippen molar-refractivity contribution in [3.05, 3.63) is 24.3 Å². The molecule has 5 nitrogen and oxygen atoms in total. The Morgan fingerprint density at radius 2 is 1.83 bits per heavy atom. The highest BCUT2D eigenvalue weighted by Gasteiger charge is 2.28. The molecule has 1 fully saturated rings. The van der Waals surface area contributed by atoms with Crippen molar-refractivity contribution in [2.75, 3.05) is 33.3 Å². The van der Waals surface area contributed by atoms with E-state index in [4.69, 9.17) is 4.74 Å². The molecule has 1 heterocycles. The van der Waals surface area contributed by atoms with Crippen LogP contribution in [-0.2, 0) is 10.0 Å². The van der Waals surface area contributed by atoms with Gasteiger partial charge in [0.1, 0.15) is 10.6 Å². The topological polar surface area (TPSA) is 58.6 Å². The highest BCUT2D eigenvalue weighted by atomic mass is 35.5. The van der Waals surface area contributed by atoms with Crippen LogP contribution in [0.4, 0.5) is 0 Å². The van der Waals surface area contributed by atoms with Gasteiger partial charge in [-0.1, -0.05) is 12.1 Å². The van der Waals surface area contributed by atoms with Gasteiger partial charge in [-0.25, -0.2) is 8.42 Å². The maximum Gasteiger partial charge on any atom is 0.246 e. The third kappa shape index (κ3) is 2.95. The largest absolute Gasteiger partial charge is 0.495 e. The average molecular weight is 293 g/mol. The molecule has 1 N–H and O–H groups in total. The third-order valence-corrected chi connectivity index (χ3v) is 4.70. The van der Waals surface area contributed by atoms with Crippen LogP contribution in [0.1, 0.15) is 0 Å². The van der Waals surface area contributed by atoms with Crippen molar-refractivity contribution in [2.45, 2.75) is 4.90 Å². The molecule has 18 heavy (non-hydrogen) atoms. The number of halogens is 1. The number of hydrogen-bond acceptors (Lipinski definition) is 4. The number of nitrogens with zero attached hydrogens (tertiary/aromatic N) is 1. The molecule has 0 unspecified atom stereocenters. The van der Waals surface area contributed by atoms with Gasteiger partial charge in [-0.05, 0) is 12.1 Å². The number of benzene rings is 1. The first kappa shape index (κ1) is 15.2. The molecule has 1 aromatic carbocycles. The lowest BCUT2D eigenvalue weighted by Gasteiger charge is -2.27. The summed E-state index contributed by atoms with van der Waals surface area (Å²) in [7, 11) is -1.96. The van der Waals surface area contributed by atoms with Gasteiger partial charge in [0.05, 0.1) is 7.11 Å². The van der Waals surface area contributed by atoms with Crippen molar-refractivity contribution >= 4 is 22.4 Å². The van der Waals surface area contributed by atoms with E-state index in [-0.39, 0.29) is 17.3 Å². The fourth-order valence-corrected chi connectivity index (χ4v) is 3.45. The first-order valence-electron chi connectivity index (χ1n) is 5.50.